The van der Waals surface area contributed by atoms with Gasteiger partial charge in [-0.1, -0.05) is 0 Å². The number of amides is 1. The normalized spacial score (nSPS) is 17.8. The molecule has 1 fully saturated rings. The van der Waals surface area contributed by atoms with Crippen molar-refractivity contribution in [2.24, 2.45) is 0 Å². The predicted octanol–water partition coefficient (Wildman–Crippen LogP) is 2.62. The Hall–Kier alpha value is -2.44. The van der Waals surface area contributed by atoms with E-state index in [9.17, 15) is 4.79 Å². The summed E-state index contributed by atoms with van der Waals surface area (Å²) >= 11 is 0. The van der Waals surface area contributed by atoms with Gasteiger partial charge in [0.1, 0.15) is 11.6 Å². The Kier molecular flexibility index (Phi) is 4.51. The van der Waals surface area contributed by atoms with Crippen LogP contribution in [0.2, 0.25) is 0 Å². The highest BCUT2D eigenvalue weighted by atomic mass is 16.1. The summed E-state index contributed by atoms with van der Waals surface area (Å²) in [6.07, 6.45) is 3.54. The van der Waals surface area contributed by atoms with Crippen molar-refractivity contribution in [2.75, 3.05) is 16.8 Å². The molecule has 1 aliphatic rings. The van der Waals surface area contributed by atoms with E-state index < -0.39 is 0 Å². The van der Waals surface area contributed by atoms with Crippen LogP contribution >= 0.6 is 0 Å². The van der Waals surface area contributed by atoms with Crippen LogP contribution in [-0.2, 0) is 4.79 Å². The third-order valence-corrected chi connectivity index (χ3v) is 4.30. The van der Waals surface area contributed by atoms with Crippen LogP contribution in [0.5, 0.6) is 0 Å². The van der Waals surface area contributed by atoms with E-state index in [2.05, 4.69) is 27.2 Å². The molecule has 0 aliphatic carbocycles. The molecule has 7 heteroatoms. The van der Waals surface area contributed by atoms with E-state index >= 15 is 0 Å². The first-order chi connectivity index (χ1) is 11.4. The van der Waals surface area contributed by atoms with Crippen molar-refractivity contribution in [3.8, 4) is 5.95 Å². The van der Waals surface area contributed by atoms with Crippen LogP contribution in [-0.4, -0.2) is 38.2 Å². The molecule has 1 aliphatic heterocycles. The number of carbonyl (C=O) groups excluding carboxylic acids is 1. The molecule has 3 rings (SSSR count). The summed E-state index contributed by atoms with van der Waals surface area (Å²) in [6, 6.07) is 4.25. The summed E-state index contributed by atoms with van der Waals surface area (Å²) in [5.41, 5.74) is 1.87. The van der Waals surface area contributed by atoms with Crippen LogP contribution < -0.4 is 10.2 Å². The molecular formula is C17H24N6O. The highest BCUT2D eigenvalue weighted by Crippen LogP contribution is 2.25. The van der Waals surface area contributed by atoms with Crippen LogP contribution in [0.3, 0.4) is 0 Å². The Morgan fingerprint density at radius 2 is 2.04 bits per heavy atom. The quantitative estimate of drug-likeness (QED) is 0.937. The Morgan fingerprint density at radius 3 is 2.67 bits per heavy atom. The van der Waals surface area contributed by atoms with Gasteiger partial charge in [-0.15, -0.1) is 0 Å². The predicted molar refractivity (Wildman–Crippen MR) is 93.6 cm³/mol. The lowest BCUT2D eigenvalue weighted by molar-refractivity contribution is -0.114. The molecule has 1 unspecified atom stereocenters. The molecule has 7 nitrogen and oxygen atoms in total. The van der Waals surface area contributed by atoms with Gasteiger partial charge in [0, 0.05) is 31.3 Å². The third-order valence-electron chi connectivity index (χ3n) is 4.30. The zero-order chi connectivity index (χ0) is 17.3. The Labute approximate surface area is 142 Å². The molecule has 1 atom stereocenters. The summed E-state index contributed by atoms with van der Waals surface area (Å²) in [5, 5.41) is 7.24. The van der Waals surface area contributed by atoms with Crippen molar-refractivity contribution in [1.29, 1.82) is 0 Å². The van der Waals surface area contributed by atoms with Crippen molar-refractivity contribution in [2.45, 2.75) is 53.0 Å². The molecule has 0 spiro atoms. The lowest BCUT2D eigenvalue weighted by Gasteiger charge is -2.34. The molecule has 0 saturated carbocycles. The van der Waals surface area contributed by atoms with Gasteiger partial charge in [0.25, 0.3) is 5.95 Å². The lowest BCUT2D eigenvalue weighted by atomic mass is 10.0. The second-order valence-electron chi connectivity index (χ2n) is 6.47. The maximum absolute atomic E-state index is 11.5. The van der Waals surface area contributed by atoms with E-state index in [-0.39, 0.29) is 5.91 Å². The first kappa shape index (κ1) is 16.4. The smallest absolute Gasteiger partial charge is 0.254 e. The minimum Gasteiger partial charge on any atom is -0.354 e. The molecule has 0 aromatic carbocycles. The van der Waals surface area contributed by atoms with Gasteiger partial charge in [0.2, 0.25) is 5.91 Å². The summed E-state index contributed by atoms with van der Waals surface area (Å²) in [6.45, 7) is 8.57. The number of carbonyl (C=O) groups is 1. The average molecular weight is 328 g/mol. The van der Waals surface area contributed by atoms with E-state index in [0.717, 1.165) is 36.6 Å². The Balaban J connectivity index is 2.06. The summed E-state index contributed by atoms with van der Waals surface area (Å²) in [4.78, 5) is 23.0. The van der Waals surface area contributed by atoms with Crippen LogP contribution in [0.4, 0.5) is 11.6 Å². The van der Waals surface area contributed by atoms with Crippen LogP contribution in [0.1, 0.15) is 44.5 Å². The Bertz CT molecular complexity index is 754. The molecule has 3 heterocycles. The largest absolute Gasteiger partial charge is 0.354 e. The molecule has 1 amide bonds. The molecule has 2 aromatic heterocycles. The summed E-state index contributed by atoms with van der Waals surface area (Å²) in [7, 11) is 0. The van der Waals surface area contributed by atoms with Gasteiger partial charge >= 0.3 is 0 Å². The number of hydrogen-bond donors (Lipinski definition) is 1. The fraction of sp³-hybridized carbons (Fsp3) is 0.529. The first-order valence-corrected chi connectivity index (χ1v) is 8.41. The fourth-order valence-electron chi connectivity index (χ4n) is 3.18. The lowest BCUT2D eigenvalue weighted by Crippen LogP contribution is -2.38. The maximum Gasteiger partial charge on any atom is 0.254 e. The molecule has 128 valence electrons. The number of nitrogens with zero attached hydrogens (tertiary/aromatic N) is 5. The van der Waals surface area contributed by atoms with E-state index in [1.807, 2.05) is 26.0 Å². The number of rotatable bonds is 3. The van der Waals surface area contributed by atoms with Gasteiger partial charge in [-0.3, -0.25) is 4.79 Å². The molecule has 2 aromatic rings. The highest BCUT2D eigenvalue weighted by Gasteiger charge is 2.22. The van der Waals surface area contributed by atoms with Crippen molar-refractivity contribution in [3.63, 3.8) is 0 Å². The van der Waals surface area contributed by atoms with E-state index in [0.29, 0.717) is 17.8 Å². The number of aryl methyl sites for hydroxylation is 2. The zero-order valence-corrected chi connectivity index (χ0v) is 14.7. The molecular weight excluding hydrogens is 304 g/mol. The minimum atomic E-state index is -0.148. The van der Waals surface area contributed by atoms with Gasteiger partial charge < -0.3 is 10.2 Å². The number of hydrogen-bond acceptors (Lipinski definition) is 5. The van der Waals surface area contributed by atoms with Gasteiger partial charge in [0.15, 0.2) is 0 Å². The molecule has 0 radical (unpaired) electrons. The topological polar surface area (TPSA) is 75.9 Å². The molecule has 1 saturated heterocycles. The van der Waals surface area contributed by atoms with Crippen LogP contribution in [0, 0.1) is 13.8 Å². The van der Waals surface area contributed by atoms with Gasteiger partial charge in [-0.05, 0) is 46.1 Å². The standard InChI is InChI=1S/C17H24N6O/c1-11-9-13(3)23(21-11)17-19-15(18-14(4)24)10-16(20-17)22-8-6-5-7-12(22)2/h9-10,12H,5-8H2,1-4H3,(H,18,19,20,24). The highest BCUT2D eigenvalue weighted by molar-refractivity contribution is 5.88. The van der Waals surface area contributed by atoms with E-state index in [1.165, 1.54) is 13.3 Å². The number of anilines is 2. The number of nitrogens with one attached hydrogen (secondary N) is 1. The number of piperidine rings is 1. The summed E-state index contributed by atoms with van der Waals surface area (Å²) < 4.78 is 1.72. The van der Waals surface area contributed by atoms with Gasteiger partial charge in [-0.25, -0.2) is 4.68 Å². The van der Waals surface area contributed by atoms with E-state index in [4.69, 9.17) is 4.98 Å². The summed E-state index contributed by atoms with van der Waals surface area (Å²) in [5.74, 6) is 1.68. The minimum absolute atomic E-state index is 0.148. The zero-order valence-electron chi connectivity index (χ0n) is 14.7. The Morgan fingerprint density at radius 1 is 1.25 bits per heavy atom. The van der Waals surface area contributed by atoms with Crippen molar-refractivity contribution < 1.29 is 4.79 Å². The van der Waals surface area contributed by atoms with Crippen molar-refractivity contribution in [1.82, 2.24) is 19.7 Å². The van der Waals surface area contributed by atoms with Gasteiger partial charge in [0.05, 0.1) is 5.69 Å². The maximum atomic E-state index is 11.5. The van der Waals surface area contributed by atoms with Gasteiger partial charge in [-0.2, -0.15) is 15.1 Å². The SMILES string of the molecule is CC(=O)Nc1cc(N2CCCCC2C)nc(-n2nc(C)cc2C)n1. The third kappa shape index (κ3) is 3.39. The fourth-order valence-corrected chi connectivity index (χ4v) is 3.18. The number of aromatic nitrogens is 4. The van der Waals surface area contributed by atoms with Crippen LogP contribution in [0.25, 0.3) is 5.95 Å². The van der Waals surface area contributed by atoms with Crippen LogP contribution in [0.15, 0.2) is 12.1 Å². The molecule has 24 heavy (non-hydrogen) atoms. The van der Waals surface area contributed by atoms with Crippen molar-refractivity contribution >= 4 is 17.5 Å². The molecule has 1 N–H and O–H groups in total. The first-order valence-electron chi connectivity index (χ1n) is 8.41. The monoisotopic (exact) mass is 328 g/mol. The second-order valence-corrected chi connectivity index (χ2v) is 6.47. The van der Waals surface area contributed by atoms with E-state index in [1.54, 1.807) is 4.68 Å². The molecule has 0 bridgehead atoms. The average Bonchev–Trinajstić information content (AvgIpc) is 2.85. The second kappa shape index (κ2) is 6.59. The van der Waals surface area contributed by atoms with Crippen molar-refractivity contribution in [3.05, 3.63) is 23.5 Å².